The van der Waals surface area contributed by atoms with E-state index >= 15 is 0 Å². The summed E-state index contributed by atoms with van der Waals surface area (Å²) in [6.07, 6.45) is 0. The summed E-state index contributed by atoms with van der Waals surface area (Å²) in [5.74, 6) is -0.405. The van der Waals surface area contributed by atoms with Crippen LogP contribution in [-0.2, 0) is 21.2 Å². The molecule has 0 radical (unpaired) electrons. The lowest BCUT2D eigenvalue weighted by Gasteiger charge is -2.18. The molecule has 0 heterocycles. The summed E-state index contributed by atoms with van der Waals surface area (Å²) in [6.45, 7) is 3.43. The summed E-state index contributed by atoms with van der Waals surface area (Å²) < 4.78 is 23.7. The number of benzene rings is 2. The minimum absolute atomic E-state index is 0.00951. The number of nitrogens with zero attached hydrogens (tertiary/aromatic N) is 1. The van der Waals surface area contributed by atoms with E-state index in [0.29, 0.717) is 17.8 Å². The third-order valence-electron chi connectivity index (χ3n) is 4.07. The van der Waals surface area contributed by atoms with Gasteiger partial charge in [0.2, 0.25) is 5.91 Å². The second kappa shape index (κ2) is 8.14. The van der Waals surface area contributed by atoms with Crippen molar-refractivity contribution in [3.8, 4) is 0 Å². The standard InChI is InChI=1S/C19H22N2O4S/c1-4-26(24,25)17-11-9-15(10-12-17)19(23)20-18-8-6-5-7-16(18)13-21(3)14(2)22/h5-12H,4,13H2,1-3H3,(H,20,23). The molecule has 138 valence electrons. The molecule has 2 aromatic rings. The first kappa shape index (κ1) is 19.7. The SMILES string of the molecule is CCS(=O)(=O)c1ccc(C(=O)Nc2ccccc2CN(C)C(C)=O)cc1. The molecule has 0 aliphatic rings. The molecule has 0 bridgehead atoms. The molecule has 2 rings (SSSR count). The minimum atomic E-state index is -3.30. The van der Waals surface area contributed by atoms with Crippen molar-refractivity contribution in [2.75, 3.05) is 18.1 Å². The van der Waals surface area contributed by atoms with Crippen LogP contribution in [0.25, 0.3) is 0 Å². The lowest BCUT2D eigenvalue weighted by atomic mass is 10.1. The van der Waals surface area contributed by atoms with Gasteiger partial charge in [0.15, 0.2) is 9.84 Å². The Balaban J connectivity index is 2.19. The number of hydrogen-bond acceptors (Lipinski definition) is 4. The Morgan fingerprint density at radius 3 is 2.23 bits per heavy atom. The molecule has 2 aromatic carbocycles. The maximum Gasteiger partial charge on any atom is 0.255 e. The summed E-state index contributed by atoms with van der Waals surface area (Å²) in [5.41, 5.74) is 1.77. The van der Waals surface area contributed by atoms with E-state index in [4.69, 9.17) is 0 Å². The van der Waals surface area contributed by atoms with Gasteiger partial charge in [-0.1, -0.05) is 25.1 Å². The molecule has 1 N–H and O–H groups in total. The molecule has 0 aliphatic carbocycles. The van der Waals surface area contributed by atoms with Crippen LogP contribution in [0.2, 0.25) is 0 Å². The van der Waals surface area contributed by atoms with E-state index in [1.54, 1.807) is 31.0 Å². The molecular weight excluding hydrogens is 352 g/mol. The van der Waals surface area contributed by atoms with Crippen molar-refractivity contribution in [2.24, 2.45) is 0 Å². The first-order valence-corrected chi connectivity index (χ1v) is 9.83. The molecule has 0 unspecified atom stereocenters. The van der Waals surface area contributed by atoms with Gasteiger partial charge in [-0.05, 0) is 35.9 Å². The highest BCUT2D eigenvalue weighted by atomic mass is 32.2. The smallest absolute Gasteiger partial charge is 0.255 e. The molecule has 0 fully saturated rings. The molecule has 0 saturated heterocycles. The average Bonchev–Trinajstić information content (AvgIpc) is 2.63. The largest absolute Gasteiger partial charge is 0.342 e. The zero-order valence-electron chi connectivity index (χ0n) is 15.0. The number of nitrogens with one attached hydrogen (secondary N) is 1. The minimum Gasteiger partial charge on any atom is -0.342 e. The molecule has 0 spiro atoms. The predicted molar refractivity (Wildman–Crippen MR) is 101 cm³/mol. The molecule has 2 amide bonds. The van der Waals surface area contributed by atoms with E-state index in [-0.39, 0.29) is 22.5 Å². The van der Waals surface area contributed by atoms with Crippen molar-refractivity contribution in [1.82, 2.24) is 4.90 Å². The van der Waals surface area contributed by atoms with Crippen LogP contribution >= 0.6 is 0 Å². The third kappa shape index (κ3) is 4.70. The lowest BCUT2D eigenvalue weighted by molar-refractivity contribution is -0.128. The van der Waals surface area contributed by atoms with Gasteiger partial charge in [-0.3, -0.25) is 9.59 Å². The third-order valence-corrected chi connectivity index (χ3v) is 5.82. The van der Waals surface area contributed by atoms with E-state index in [1.807, 2.05) is 12.1 Å². The molecule has 7 heteroatoms. The first-order chi connectivity index (χ1) is 12.2. The Morgan fingerprint density at radius 2 is 1.65 bits per heavy atom. The Kier molecular flexibility index (Phi) is 6.15. The van der Waals surface area contributed by atoms with E-state index in [1.165, 1.54) is 31.2 Å². The Bertz CT molecular complexity index is 905. The molecule has 0 aliphatic heterocycles. The van der Waals surface area contributed by atoms with Gasteiger partial charge in [0, 0.05) is 31.8 Å². The van der Waals surface area contributed by atoms with Crippen molar-refractivity contribution in [1.29, 1.82) is 0 Å². The first-order valence-electron chi connectivity index (χ1n) is 8.18. The number of anilines is 1. The predicted octanol–water partition coefficient (Wildman–Crippen LogP) is 2.71. The average molecular weight is 374 g/mol. The number of rotatable bonds is 6. The van der Waals surface area contributed by atoms with Gasteiger partial charge in [-0.15, -0.1) is 0 Å². The second-order valence-electron chi connectivity index (χ2n) is 5.91. The summed E-state index contributed by atoms with van der Waals surface area (Å²) in [7, 11) is -1.61. The van der Waals surface area contributed by atoms with Gasteiger partial charge in [0.05, 0.1) is 10.6 Å². The highest BCUT2D eigenvalue weighted by molar-refractivity contribution is 7.91. The molecule has 6 nitrogen and oxygen atoms in total. The molecular formula is C19H22N2O4S. The van der Waals surface area contributed by atoms with Crippen LogP contribution in [0.3, 0.4) is 0 Å². The van der Waals surface area contributed by atoms with Crippen LogP contribution in [0.4, 0.5) is 5.69 Å². The highest BCUT2D eigenvalue weighted by Crippen LogP contribution is 2.19. The maximum absolute atomic E-state index is 12.5. The van der Waals surface area contributed by atoms with Crippen LogP contribution in [-0.4, -0.2) is 37.9 Å². The zero-order valence-corrected chi connectivity index (χ0v) is 15.8. The maximum atomic E-state index is 12.5. The number of para-hydroxylation sites is 1. The van der Waals surface area contributed by atoms with E-state index in [0.717, 1.165) is 5.56 Å². The van der Waals surface area contributed by atoms with E-state index in [2.05, 4.69) is 5.32 Å². The van der Waals surface area contributed by atoms with Crippen LogP contribution in [0.5, 0.6) is 0 Å². The van der Waals surface area contributed by atoms with Crippen LogP contribution in [0.15, 0.2) is 53.4 Å². The summed E-state index contributed by atoms with van der Waals surface area (Å²) >= 11 is 0. The topological polar surface area (TPSA) is 83.6 Å². The fourth-order valence-corrected chi connectivity index (χ4v) is 3.21. The van der Waals surface area contributed by atoms with Gasteiger partial charge in [-0.2, -0.15) is 0 Å². The number of sulfone groups is 1. The highest BCUT2D eigenvalue weighted by Gasteiger charge is 2.14. The molecule has 0 aromatic heterocycles. The van der Waals surface area contributed by atoms with Crippen LogP contribution in [0, 0.1) is 0 Å². The summed E-state index contributed by atoms with van der Waals surface area (Å²) in [4.78, 5) is 25.7. The van der Waals surface area contributed by atoms with Crippen molar-refractivity contribution >= 4 is 27.3 Å². The number of hydrogen-bond donors (Lipinski definition) is 1. The van der Waals surface area contributed by atoms with Gasteiger partial charge in [0.1, 0.15) is 0 Å². The van der Waals surface area contributed by atoms with Crippen LogP contribution < -0.4 is 5.32 Å². The quantitative estimate of drug-likeness (QED) is 0.843. The summed E-state index contributed by atoms with van der Waals surface area (Å²) in [6, 6.07) is 13.1. The van der Waals surface area contributed by atoms with Crippen molar-refractivity contribution in [2.45, 2.75) is 25.3 Å². The van der Waals surface area contributed by atoms with Gasteiger partial charge < -0.3 is 10.2 Å². The van der Waals surface area contributed by atoms with Crippen molar-refractivity contribution < 1.29 is 18.0 Å². The number of amides is 2. The van der Waals surface area contributed by atoms with Crippen LogP contribution in [0.1, 0.15) is 29.8 Å². The Morgan fingerprint density at radius 1 is 1.04 bits per heavy atom. The lowest BCUT2D eigenvalue weighted by Crippen LogP contribution is -2.24. The van der Waals surface area contributed by atoms with Crippen molar-refractivity contribution in [3.63, 3.8) is 0 Å². The molecule has 0 atom stereocenters. The van der Waals surface area contributed by atoms with Gasteiger partial charge in [0.25, 0.3) is 5.91 Å². The summed E-state index contributed by atoms with van der Waals surface area (Å²) in [5, 5.41) is 2.82. The Hall–Kier alpha value is -2.67. The van der Waals surface area contributed by atoms with E-state index < -0.39 is 9.84 Å². The molecule has 26 heavy (non-hydrogen) atoms. The monoisotopic (exact) mass is 374 g/mol. The molecule has 0 saturated carbocycles. The Labute approximate surface area is 153 Å². The fourth-order valence-electron chi connectivity index (χ4n) is 2.32. The fraction of sp³-hybridized carbons (Fsp3) is 0.263. The zero-order chi connectivity index (χ0) is 19.3. The van der Waals surface area contributed by atoms with Crippen molar-refractivity contribution in [3.05, 3.63) is 59.7 Å². The van der Waals surface area contributed by atoms with Gasteiger partial charge >= 0.3 is 0 Å². The number of carbonyl (C=O) groups is 2. The second-order valence-corrected chi connectivity index (χ2v) is 8.19. The van der Waals surface area contributed by atoms with E-state index in [9.17, 15) is 18.0 Å². The normalized spacial score (nSPS) is 11.0. The number of carbonyl (C=O) groups excluding carboxylic acids is 2. The van der Waals surface area contributed by atoms with Gasteiger partial charge in [-0.25, -0.2) is 8.42 Å².